The van der Waals surface area contributed by atoms with E-state index in [1.54, 1.807) is 0 Å². The first-order valence-electron chi connectivity index (χ1n) is 9.75. The maximum absolute atomic E-state index is 12.8. The largest absolute Gasteiger partial charge is 0.461 e. The second-order valence-corrected chi connectivity index (χ2v) is 10.1. The van der Waals surface area contributed by atoms with Gasteiger partial charge in [0.25, 0.3) is 0 Å². The molecule has 1 N–H and O–H groups in total. The van der Waals surface area contributed by atoms with Crippen LogP contribution in [0.1, 0.15) is 87.5 Å². The minimum Gasteiger partial charge on any atom is -0.461 e. The molecule has 4 unspecified atom stereocenters. The van der Waals surface area contributed by atoms with Crippen LogP contribution in [0.2, 0.25) is 0 Å². The number of carbonyl (C=O) groups excluding carboxylic acids is 1. The predicted molar refractivity (Wildman–Crippen MR) is 102 cm³/mol. The zero-order valence-corrected chi connectivity index (χ0v) is 17.6. The number of likely N-dealkylation sites (N-methyl/N-ethyl adjacent to an activating group) is 1. The van der Waals surface area contributed by atoms with Gasteiger partial charge in [0.05, 0.1) is 0 Å². The molecule has 0 aromatic heterocycles. The second kappa shape index (κ2) is 7.76. The fourth-order valence-electron chi connectivity index (χ4n) is 4.08. The highest BCUT2D eigenvalue weighted by molar-refractivity contribution is 5.80. The van der Waals surface area contributed by atoms with Gasteiger partial charge in [-0.2, -0.15) is 0 Å². The van der Waals surface area contributed by atoms with Crippen LogP contribution < -0.4 is 5.32 Å². The van der Waals surface area contributed by atoms with Crippen molar-refractivity contribution in [2.45, 2.75) is 99.1 Å². The lowest BCUT2D eigenvalue weighted by Crippen LogP contribution is -2.52. The summed E-state index contributed by atoms with van der Waals surface area (Å²) in [5.41, 5.74) is -0.103. The Morgan fingerprint density at radius 1 is 1.04 bits per heavy atom. The Bertz CT molecular complexity index is 419. The first kappa shape index (κ1) is 21.5. The van der Waals surface area contributed by atoms with Crippen LogP contribution in [0.4, 0.5) is 0 Å². The van der Waals surface area contributed by atoms with E-state index in [0.717, 1.165) is 32.1 Å². The summed E-state index contributed by atoms with van der Waals surface area (Å²) in [4.78, 5) is 12.8. The van der Waals surface area contributed by atoms with Crippen molar-refractivity contribution in [1.82, 2.24) is 5.32 Å². The van der Waals surface area contributed by atoms with Crippen molar-refractivity contribution in [1.29, 1.82) is 0 Å². The standard InChI is InChI=1S/C21H41NO2/c1-10-13-21(8,22-9)18(23)24-17-12-11-15(19(2,3)4)14-16(17)20(5,6)7/h15-17,22H,10-14H2,1-9H3. The number of hydrogen-bond donors (Lipinski definition) is 1. The Balaban J connectivity index is 2.91. The molecule has 142 valence electrons. The van der Waals surface area contributed by atoms with Crippen molar-refractivity contribution in [3.8, 4) is 0 Å². The third-order valence-corrected chi connectivity index (χ3v) is 6.13. The first-order chi connectivity index (χ1) is 10.8. The number of carbonyl (C=O) groups is 1. The van der Waals surface area contributed by atoms with E-state index in [0.29, 0.717) is 17.3 Å². The summed E-state index contributed by atoms with van der Waals surface area (Å²) in [6.45, 7) is 17.9. The van der Waals surface area contributed by atoms with E-state index in [-0.39, 0.29) is 17.5 Å². The molecule has 0 amide bonds. The molecule has 0 bridgehead atoms. The molecule has 1 saturated carbocycles. The Kier molecular flexibility index (Phi) is 6.94. The second-order valence-electron chi connectivity index (χ2n) is 10.1. The molecular formula is C21H41NO2. The number of hydrogen-bond acceptors (Lipinski definition) is 3. The van der Waals surface area contributed by atoms with Crippen molar-refractivity contribution in [2.24, 2.45) is 22.7 Å². The molecule has 3 heteroatoms. The van der Waals surface area contributed by atoms with Gasteiger partial charge in [-0.3, -0.25) is 4.79 Å². The Morgan fingerprint density at radius 3 is 2.04 bits per heavy atom. The van der Waals surface area contributed by atoms with Gasteiger partial charge in [-0.25, -0.2) is 0 Å². The monoisotopic (exact) mass is 339 g/mol. The van der Waals surface area contributed by atoms with Gasteiger partial charge in [-0.05, 0) is 56.4 Å². The summed E-state index contributed by atoms with van der Waals surface area (Å²) in [6, 6.07) is 0. The van der Waals surface area contributed by atoms with Crippen LogP contribution in [0.3, 0.4) is 0 Å². The molecule has 3 nitrogen and oxygen atoms in total. The Labute approximate surface area is 150 Å². The minimum absolute atomic E-state index is 0.0423. The summed E-state index contributed by atoms with van der Waals surface area (Å²) < 4.78 is 6.10. The maximum Gasteiger partial charge on any atom is 0.326 e. The molecule has 0 aromatic rings. The molecule has 1 fully saturated rings. The molecule has 0 saturated heterocycles. The zero-order valence-electron chi connectivity index (χ0n) is 17.6. The van der Waals surface area contributed by atoms with E-state index in [9.17, 15) is 4.79 Å². The highest BCUT2D eigenvalue weighted by Crippen LogP contribution is 2.47. The van der Waals surface area contributed by atoms with Crippen molar-refractivity contribution in [3.63, 3.8) is 0 Å². The molecule has 0 radical (unpaired) electrons. The molecule has 0 aromatic carbocycles. The summed E-state index contributed by atoms with van der Waals surface area (Å²) >= 11 is 0. The minimum atomic E-state index is -0.571. The number of esters is 1. The van der Waals surface area contributed by atoms with Crippen LogP contribution >= 0.6 is 0 Å². The SMILES string of the molecule is CCCC(C)(NC)C(=O)OC1CCC(C(C)(C)C)CC1C(C)(C)C. The third kappa shape index (κ3) is 5.21. The highest BCUT2D eigenvalue weighted by atomic mass is 16.5. The predicted octanol–water partition coefficient (Wildman–Crippen LogP) is 5.18. The van der Waals surface area contributed by atoms with Gasteiger partial charge < -0.3 is 10.1 Å². The van der Waals surface area contributed by atoms with Crippen molar-refractivity contribution < 1.29 is 9.53 Å². The van der Waals surface area contributed by atoms with Gasteiger partial charge in [-0.15, -0.1) is 0 Å². The van der Waals surface area contributed by atoms with Crippen LogP contribution in [0, 0.1) is 22.7 Å². The number of ether oxygens (including phenoxy) is 1. The van der Waals surface area contributed by atoms with E-state index in [4.69, 9.17) is 4.74 Å². The highest BCUT2D eigenvalue weighted by Gasteiger charge is 2.44. The lowest BCUT2D eigenvalue weighted by Gasteiger charge is -2.47. The Hall–Kier alpha value is -0.570. The van der Waals surface area contributed by atoms with Gasteiger partial charge in [0.1, 0.15) is 11.6 Å². The van der Waals surface area contributed by atoms with Gasteiger partial charge >= 0.3 is 5.97 Å². The normalized spacial score (nSPS) is 28.3. The van der Waals surface area contributed by atoms with Crippen molar-refractivity contribution >= 4 is 5.97 Å². The topological polar surface area (TPSA) is 38.3 Å². The van der Waals surface area contributed by atoms with Gasteiger partial charge in [-0.1, -0.05) is 54.9 Å². The molecule has 1 aliphatic rings. The average Bonchev–Trinajstić information content (AvgIpc) is 2.45. The average molecular weight is 340 g/mol. The third-order valence-electron chi connectivity index (χ3n) is 6.13. The van der Waals surface area contributed by atoms with Crippen LogP contribution in [0.5, 0.6) is 0 Å². The molecular weight excluding hydrogens is 298 g/mol. The van der Waals surface area contributed by atoms with Crippen LogP contribution in [0.25, 0.3) is 0 Å². The molecule has 0 heterocycles. The van der Waals surface area contributed by atoms with Crippen LogP contribution in [-0.2, 0) is 9.53 Å². The smallest absolute Gasteiger partial charge is 0.326 e. The van der Waals surface area contributed by atoms with E-state index in [2.05, 4.69) is 53.8 Å². The molecule has 4 atom stereocenters. The van der Waals surface area contributed by atoms with Gasteiger partial charge in [0.15, 0.2) is 0 Å². The van der Waals surface area contributed by atoms with Crippen LogP contribution in [0.15, 0.2) is 0 Å². The lowest BCUT2D eigenvalue weighted by atomic mass is 9.62. The van der Waals surface area contributed by atoms with Gasteiger partial charge in [0, 0.05) is 5.92 Å². The molecule has 0 spiro atoms. The van der Waals surface area contributed by atoms with E-state index in [1.807, 2.05) is 14.0 Å². The molecule has 1 rings (SSSR count). The quantitative estimate of drug-likeness (QED) is 0.701. The molecule has 1 aliphatic carbocycles. The number of nitrogens with one attached hydrogen (secondary N) is 1. The van der Waals surface area contributed by atoms with E-state index in [1.165, 1.54) is 0 Å². The Morgan fingerprint density at radius 2 is 1.62 bits per heavy atom. The van der Waals surface area contributed by atoms with Crippen molar-refractivity contribution in [2.75, 3.05) is 7.05 Å². The fourth-order valence-corrected chi connectivity index (χ4v) is 4.08. The summed E-state index contributed by atoms with van der Waals surface area (Å²) in [7, 11) is 1.86. The molecule has 0 aliphatic heterocycles. The lowest BCUT2D eigenvalue weighted by molar-refractivity contribution is -0.166. The number of rotatable bonds is 5. The fraction of sp³-hybridized carbons (Fsp3) is 0.952. The van der Waals surface area contributed by atoms with Crippen molar-refractivity contribution in [3.05, 3.63) is 0 Å². The summed E-state index contributed by atoms with van der Waals surface area (Å²) in [6.07, 6.45) is 5.10. The van der Waals surface area contributed by atoms with Gasteiger partial charge in [0.2, 0.25) is 0 Å². The van der Waals surface area contributed by atoms with Crippen LogP contribution in [-0.4, -0.2) is 24.7 Å². The maximum atomic E-state index is 12.8. The molecule has 24 heavy (non-hydrogen) atoms. The summed E-state index contributed by atoms with van der Waals surface area (Å²) in [5.74, 6) is 1.03. The summed E-state index contributed by atoms with van der Waals surface area (Å²) in [5, 5.41) is 3.18. The zero-order chi connectivity index (χ0) is 18.8. The van der Waals surface area contributed by atoms with E-state index < -0.39 is 5.54 Å². The van der Waals surface area contributed by atoms with E-state index >= 15 is 0 Å². The first-order valence-corrected chi connectivity index (χ1v) is 9.75.